The molecular weight excluding hydrogens is 252 g/mol. The van der Waals surface area contributed by atoms with E-state index in [0.717, 1.165) is 5.57 Å². The first-order valence-corrected chi connectivity index (χ1v) is 7.16. The van der Waals surface area contributed by atoms with Gasteiger partial charge in [0.2, 0.25) is 0 Å². The third kappa shape index (κ3) is 2.95. The van der Waals surface area contributed by atoms with Crippen LogP contribution >= 0.6 is 0 Å². The van der Waals surface area contributed by atoms with Crippen molar-refractivity contribution in [1.82, 2.24) is 0 Å². The van der Waals surface area contributed by atoms with Gasteiger partial charge in [-0.3, -0.25) is 0 Å². The minimum atomic E-state index is 1.04. The largest absolute Gasteiger partial charge is 0.0911 e. The second-order valence-electron chi connectivity index (χ2n) is 5.28. The normalized spacial score (nSPS) is 11.6. The Morgan fingerprint density at radius 3 is 2.19 bits per heavy atom. The van der Waals surface area contributed by atoms with Crippen molar-refractivity contribution in [3.8, 4) is 0 Å². The van der Waals surface area contributed by atoms with E-state index in [0.29, 0.717) is 0 Å². The van der Waals surface area contributed by atoms with Gasteiger partial charge in [-0.15, -0.1) is 0 Å². The predicted molar refractivity (Wildman–Crippen MR) is 93.1 cm³/mol. The van der Waals surface area contributed by atoms with Gasteiger partial charge in [0.25, 0.3) is 0 Å². The maximum Gasteiger partial charge on any atom is -0.0178 e. The van der Waals surface area contributed by atoms with E-state index in [1.165, 1.54) is 27.5 Å². The van der Waals surface area contributed by atoms with Crippen LogP contribution in [0.25, 0.3) is 21.9 Å². The summed E-state index contributed by atoms with van der Waals surface area (Å²) >= 11 is 0. The third-order valence-corrected chi connectivity index (χ3v) is 3.74. The number of benzene rings is 3. The van der Waals surface area contributed by atoms with Gasteiger partial charge in [0.05, 0.1) is 0 Å². The van der Waals surface area contributed by atoms with Gasteiger partial charge >= 0.3 is 0 Å². The molecule has 102 valence electrons. The molecule has 0 fully saturated rings. The van der Waals surface area contributed by atoms with Gasteiger partial charge in [-0.1, -0.05) is 79.4 Å². The highest BCUT2D eigenvalue weighted by Gasteiger charge is 2.00. The summed E-state index contributed by atoms with van der Waals surface area (Å²) in [6.45, 7) is 6.35. The van der Waals surface area contributed by atoms with Crippen molar-refractivity contribution in [3.63, 3.8) is 0 Å². The van der Waals surface area contributed by atoms with Crippen molar-refractivity contribution in [2.24, 2.45) is 0 Å². The molecule has 0 radical (unpaired) electrons. The van der Waals surface area contributed by atoms with Crippen molar-refractivity contribution in [2.45, 2.75) is 6.92 Å². The van der Waals surface area contributed by atoms with Crippen LogP contribution in [0, 0.1) is 0 Å². The fraction of sp³-hybridized carbons (Fsp3) is 0.0476. The smallest absolute Gasteiger partial charge is 0.0178 e. The highest BCUT2D eigenvalue weighted by Crippen LogP contribution is 2.24. The zero-order valence-corrected chi connectivity index (χ0v) is 12.2. The maximum atomic E-state index is 4.22. The first-order chi connectivity index (χ1) is 10.2. The van der Waals surface area contributed by atoms with Gasteiger partial charge in [-0.25, -0.2) is 0 Å². The van der Waals surface area contributed by atoms with Gasteiger partial charge < -0.3 is 0 Å². The predicted octanol–water partition coefficient (Wildman–Crippen LogP) is 5.96. The molecule has 0 amide bonds. The molecule has 0 heterocycles. The van der Waals surface area contributed by atoms with E-state index >= 15 is 0 Å². The molecule has 0 saturated heterocycles. The van der Waals surface area contributed by atoms with Gasteiger partial charge in [0.15, 0.2) is 0 Å². The molecule has 21 heavy (non-hydrogen) atoms. The van der Waals surface area contributed by atoms with Crippen molar-refractivity contribution < 1.29 is 0 Å². The molecule has 0 unspecified atom stereocenters. The van der Waals surface area contributed by atoms with Crippen molar-refractivity contribution in [1.29, 1.82) is 0 Å². The van der Waals surface area contributed by atoms with Crippen LogP contribution in [0.1, 0.15) is 18.1 Å². The highest BCUT2D eigenvalue weighted by molar-refractivity contribution is 5.89. The Kier molecular flexibility index (Phi) is 3.70. The van der Waals surface area contributed by atoms with Crippen molar-refractivity contribution >= 4 is 21.9 Å². The average Bonchev–Trinajstić information content (AvgIpc) is 2.55. The quantitative estimate of drug-likeness (QED) is 0.515. The van der Waals surface area contributed by atoms with Crippen LogP contribution in [0.4, 0.5) is 0 Å². The Labute approximate surface area is 126 Å². The fourth-order valence-electron chi connectivity index (χ4n) is 2.52. The van der Waals surface area contributed by atoms with Crippen LogP contribution in [0.2, 0.25) is 0 Å². The molecule has 0 aliphatic rings. The summed E-state index contributed by atoms with van der Waals surface area (Å²) in [6.07, 6.45) is 2.15. The van der Waals surface area contributed by atoms with Gasteiger partial charge in [-0.05, 0) is 46.0 Å². The summed E-state index contributed by atoms with van der Waals surface area (Å²) in [5, 5.41) is 2.51. The van der Waals surface area contributed by atoms with Crippen molar-refractivity contribution in [3.05, 3.63) is 96.6 Å². The van der Waals surface area contributed by atoms with Crippen molar-refractivity contribution in [2.75, 3.05) is 0 Å². The lowest BCUT2D eigenvalue weighted by Gasteiger charge is -2.06. The molecule has 0 nitrogen and oxygen atoms in total. The van der Waals surface area contributed by atoms with Crippen LogP contribution in [0.3, 0.4) is 0 Å². The first kappa shape index (κ1) is 13.4. The SMILES string of the molecule is C=C(/C=C(\C)c1ccccc1)c1ccc2ccccc2c1. The monoisotopic (exact) mass is 270 g/mol. The number of hydrogen-bond donors (Lipinski definition) is 0. The molecule has 0 atom stereocenters. The van der Waals surface area contributed by atoms with Gasteiger partial charge in [0.1, 0.15) is 0 Å². The molecule has 0 aliphatic carbocycles. The molecule has 3 aromatic carbocycles. The fourth-order valence-corrected chi connectivity index (χ4v) is 2.52. The Hall–Kier alpha value is -2.60. The van der Waals surface area contributed by atoms with E-state index in [1.54, 1.807) is 0 Å². The second-order valence-corrected chi connectivity index (χ2v) is 5.28. The minimum Gasteiger partial charge on any atom is -0.0911 e. The lowest BCUT2D eigenvalue weighted by molar-refractivity contribution is 1.56. The summed E-state index contributed by atoms with van der Waals surface area (Å²) in [4.78, 5) is 0. The molecule has 0 aliphatic heterocycles. The molecule has 0 heteroatoms. The average molecular weight is 270 g/mol. The molecular formula is C21H18. The van der Waals surface area contributed by atoms with E-state index in [1.807, 2.05) is 6.07 Å². The van der Waals surface area contributed by atoms with Gasteiger partial charge in [0, 0.05) is 0 Å². The minimum absolute atomic E-state index is 1.04. The zero-order valence-electron chi connectivity index (χ0n) is 12.2. The Morgan fingerprint density at radius 1 is 0.762 bits per heavy atom. The van der Waals surface area contributed by atoms with E-state index in [2.05, 4.69) is 86.3 Å². The molecule has 3 rings (SSSR count). The molecule has 0 bridgehead atoms. The standard InChI is InChI=1S/C21H18/c1-16(18-8-4-3-5-9-18)14-17(2)20-13-12-19-10-6-7-11-21(19)15-20/h3-15H,2H2,1H3/b16-14+. The van der Waals surface area contributed by atoms with Crippen LogP contribution in [-0.4, -0.2) is 0 Å². The highest BCUT2D eigenvalue weighted by atomic mass is 14.1. The van der Waals surface area contributed by atoms with E-state index in [4.69, 9.17) is 0 Å². The van der Waals surface area contributed by atoms with Crippen LogP contribution in [0.15, 0.2) is 85.5 Å². The Balaban J connectivity index is 1.93. The van der Waals surface area contributed by atoms with E-state index in [-0.39, 0.29) is 0 Å². The number of fused-ring (bicyclic) bond motifs is 1. The lowest BCUT2D eigenvalue weighted by Crippen LogP contribution is -1.83. The first-order valence-electron chi connectivity index (χ1n) is 7.16. The van der Waals surface area contributed by atoms with Crippen LogP contribution < -0.4 is 0 Å². The molecule has 3 aromatic rings. The summed E-state index contributed by atoms with van der Waals surface area (Å²) in [6, 6.07) is 25.3. The van der Waals surface area contributed by atoms with E-state index < -0.39 is 0 Å². The van der Waals surface area contributed by atoms with Crippen LogP contribution in [-0.2, 0) is 0 Å². The molecule has 0 aromatic heterocycles. The Morgan fingerprint density at radius 2 is 1.43 bits per heavy atom. The second kappa shape index (κ2) is 5.80. The number of rotatable bonds is 3. The Bertz CT molecular complexity index is 808. The number of allylic oxidation sites excluding steroid dienone is 3. The molecule has 0 saturated carbocycles. The van der Waals surface area contributed by atoms with E-state index in [9.17, 15) is 0 Å². The topological polar surface area (TPSA) is 0 Å². The van der Waals surface area contributed by atoms with Gasteiger partial charge in [-0.2, -0.15) is 0 Å². The zero-order chi connectivity index (χ0) is 14.7. The third-order valence-electron chi connectivity index (χ3n) is 3.74. The lowest BCUT2D eigenvalue weighted by atomic mass is 9.99. The number of hydrogen-bond acceptors (Lipinski definition) is 0. The summed E-state index contributed by atoms with van der Waals surface area (Å²) < 4.78 is 0. The van der Waals surface area contributed by atoms with Crippen LogP contribution in [0.5, 0.6) is 0 Å². The summed E-state index contributed by atoms with van der Waals surface area (Å²) in [5.74, 6) is 0. The molecule has 0 N–H and O–H groups in total. The molecule has 0 spiro atoms. The maximum absolute atomic E-state index is 4.22. The summed E-state index contributed by atoms with van der Waals surface area (Å²) in [7, 11) is 0. The summed E-state index contributed by atoms with van der Waals surface area (Å²) in [5.41, 5.74) is 4.68.